The molecule has 0 spiro atoms. The molecule has 11 nitrogen and oxygen atoms in total. The molecule has 4 N–H and O–H groups in total. The van der Waals surface area contributed by atoms with Crippen molar-refractivity contribution >= 4 is 12.1 Å². The molecular weight excluding hydrogens is 368 g/mol. The maximum absolute atomic E-state index is 11.7. The minimum Gasteiger partial charge on any atom is -0.480 e. The van der Waals surface area contributed by atoms with Crippen molar-refractivity contribution in [1.29, 1.82) is 0 Å². The normalized spacial score (nSPS) is 11.5. The number of methoxy groups -OCH3 is 1. The number of unbranched alkanes of at least 4 members (excludes halogenated alkanes) is 1. The summed E-state index contributed by atoms with van der Waals surface area (Å²) in [7, 11) is 1.43. The molecule has 1 aromatic heterocycles. The average molecular weight is 390 g/mol. The molecule has 1 amide bonds. The second kappa shape index (κ2) is 10.7. The lowest BCUT2D eigenvalue weighted by molar-refractivity contribution is -0.138. The Morgan fingerprint density at radius 2 is 1.82 bits per heavy atom. The Hall–Kier alpha value is -3.34. The van der Waals surface area contributed by atoms with E-state index in [0.717, 1.165) is 11.1 Å². The van der Waals surface area contributed by atoms with Gasteiger partial charge in [0.2, 0.25) is 5.82 Å². The summed E-state index contributed by atoms with van der Waals surface area (Å²) in [6, 6.07) is 6.42. The third-order valence-electron chi connectivity index (χ3n) is 3.75. The number of nitrogens with two attached hydrogens (primary N) is 1. The lowest BCUT2D eigenvalue weighted by atomic mass is 10.1. The summed E-state index contributed by atoms with van der Waals surface area (Å²) >= 11 is 0. The van der Waals surface area contributed by atoms with E-state index in [1.807, 2.05) is 12.1 Å². The van der Waals surface area contributed by atoms with Crippen LogP contribution in [0.15, 0.2) is 24.3 Å². The number of alkyl carbamates (subject to hydrolysis) is 1. The number of carboxylic acid groups (broad SMARTS) is 1. The molecule has 1 atom stereocenters. The number of aromatic nitrogens is 4. The van der Waals surface area contributed by atoms with E-state index in [-0.39, 0.29) is 12.6 Å². The summed E-state index contributed by atoms with van der Waals surface area (Å²) in [4.78, 5) is 22.3. The van der Waals surface area contributed by atoms with Crippen molar-refractivity contribution in [3.63, 3.8) is 0 Å². The van der Waals surface area contributed by atoms with Gasteiger partial charge in [0.25, 0.3) is 0 Å². The Kier molecular flexibility index (Phi) is 8.03. The number of nitrogens with one attached hydrogen (secondary N) is 1. The van der Waals surface area contributed by atoms with Crippen LogP contribution in [0.4, 0.5) is 4.79 Å². The van der Waals surface area contributed by atoms with E-state index in [1.54, 1.807) is 12.1 Å². The molecule has 1 heterocycles. The molecule has 0 bridgehead atoms. The van der Waals surface area contributed by atoms with E-state index in [4.69, 9.17) is 20.3 Å². The molecule has 0 fully saturated rings. The zero-order valence-electron chi connectivity index (χ0n) is 15.4. The van der Waals surface area contributed by atoms with Gasteiger partial charge in [-0.25, -0.2) is 4.79 Å². The third-order valence-corrected chi connectivity index (χ3v) is 3.75. The summed E-state index contributed by atoms with van der Waals surface area (Å²) in [5, 5.41) is 26.7. The monoisotopic (exact) mass is 390 g/mol. The van der Waals surface area contributed by atoms with Crippen LogP contribution in [0, 0.1) is 0 Å². The topological polar surface area (TPSA) is 162 Å². The highest BCUT2D eigenvalue weighted by Gasteiger charge is 2.10. The first-order valence-corrected chi connectivity index (χ1v) is 8.59. The number of rotatable bonds is 10. The SMILES string of the molecule is COc1nnc(-c2ccc(CNC(=O)OCCCCC(N)C(=O)O)cc2)nn1. The van der Waals surface area contributed by atoms with Crippen LogP contribution in [0.3, 0.4) is 0 Å². The zero-order chi connectivity index (χ0) is 20.4. The number of aliphatic carboxylic acids is 1. The molecule has 28 heavy (non-hydrogen) atoms. The number of ether oxygens (including phenoxy) is 2. The zero-order valence-corrected chi connectivity index (χ0v) is 15.4. The number of carbonyl (C=O) groups excluding carboxylic acids is 1. The maximum atomic E-state index is 11.7. The van der Waals surface area contributed by atoms with E-state index in [9.17, 15) is 9.59 Å². The second-order valence-corrected chi connectivity index (χ2v) is 5.84. The molecular formula is C17H22N6O5. The van der Waals surface area contributed by atoms with Crippen LogP contribution in [0.25, 0.3) is 11.4 Å². The predicted molar refractivity (Wildman–Crippen MR) is 97.3 cm³/mol. The molecule has 0 radical (unpaired) electrons. The first-order chi connectivity index (χ1) is 13.5. The highest BCUT2D eigenvalue weighted by Crippen LogP contribution is 2.14. The number of carbonyl (C=O) groups is 2. The minimum atomic E-state index is -1.03. The number of hydrogen-bond donors (Lipinski definition) is 3. The Labute approximate surface area is 161 Å². The number of benzene rings is 1. The van der Waals surface area contributed by atoms with Crippen molar-refractivity contribution in [3.8, 4) is 17.4 Å². The molecule has 1 unspecified atom stereocenters. The standard InChI is InChI=1S/C17H22N6O5/c1-27-16-22-20-14(21-23-16)12-7-5-11(6-8-12)10-19-17(26)28-9-3-2-4-13(18)15(24)25/h5-8,13H,2-4,9-10,18H2,1H3,(H,19,26)(H,24,25). The molecule has 0 aliphatic rings. The quantitative estimate of drug-likeness (QED) is 0.493. The molecule has 1 aromatic carbocycles. The molecule has 2 aromatic rings. The van der Waals surface area contributed by atoms with Crippen LogP contribution < -0.4 is 15.8 Å². The molecule has 150 valence electrons. The van der Waals surface area contributed by atoms with Gasteiger partial charge in [0, 0.05) is 12.1 Å². The lowest BCUT2D eigenvalue weighted by Gasteiger charge is -2.08. The van der Waals surface area contributed by atoms with Crippen molar-refractivity contribution in [1.82, 2.24) is 25.7 Å². The third kappa shape index (κ3) is 6.76. The summed E-state index contributed by atoms with van der Waals surface area (Å²) in [6.07, 6.45) is 0.917. The number of carboxylic acids is 1. The minimum absolute atomic E-state index is 0.0906. The fourth-order valence-electron chi connectivity index (χ4n) is 2.17. The first-order valence-electron chi connectivity index (χ1n) is 8.59. The summed E-state index contributed by atoms with van der Waals surface area (Å²) in [6.45, 7) is 0.495. The summed E-state index contributed by atoms with van der Waals surface area (Å²) < 4.78 is 9.85. The van der Waals surface area contributed by atoms with E-state index < -0.39 is 18.1 Å². The van der Waals surface area contributed by atoms with E-state index >= 15 is 0 Å². The molecule has 0 aliphatic heterocycles. The van der Waals surface area contributed by atoms with Crippen LogP contribution in [-0.4, -0.2) is 57.3 Å². The van der Waals surface area contributed by atoms with E-state index in [2.05, 4.69) is 25.7 Å². The summed E-state index contributed by atoms with van der Waals surface area (Å²) in [5.41, 5.74) is 6.98. The van der Waals surface area contributed by atoms with Gasteiger partial charge in [-0.3, -0.25) is 4.79 Å². The van der Waals surface area contributed by atoms with Crippen LogP contribution in [0.5, 0.6) is 6.01 Å². The average Bonchev–Trinajstić information content (AvgIpc) is 2.72. The van der Waals surface area contributed by atoms with Gasteiger partial charge in [0.15, 0.2) is 0 Å². The van der Waals surface area contributed by atoms with Gasteiger partial charge in [-0.05, 0) is 24.8 Å². The highest BCUT2D eigenvalue weighted by molar-refractivity contribution is 5.72. The van der Waals surface area contributed by atoms with Gasteiger partial charge in [-0.1, -0.05) is 34.5 Å². The number of hydrogen-bond acceptors (Lipinski definition) is 9. The Morgan fingerprint density at radius 1 is 1.14 bits per heavy atom. The number of nitrogens with zero attached hydrogens (tertiary/aromatic N) is 4. The molecule has 0 aliphatic carbocycles. The Bertz CT molecular complexity index is 769. The fraction of sp³-hybridized carbons (Fsp3) is 0.412. The Balaban J connectivity index is 1.69. The van der Waals surface area contributed by atoms with Gasteiger partial charge < -0.3 is 25.6 Å². The van der Waals surface area contributed by atoms with Gasteiger partial charge in [0.1, 0.15) is 6.04 Å². The first kappa shape index (κ1) is 21.0. The Morgan fingerprint density at radius 3 is 2.43 bits per heavy atom. The predicted octanol–water partition coefficient (Wildman–Crippen LogP) is 0.751. The van der Waals surface area contributed by atoms with Crippen molar-refractivity contribution in [2.45, 2.75) is 31.8 Å². The van der Waals surface area contributed by atoms with Gasteiger partial charge >= 0.3 is 18.1 Å². The second-order valence-electron chi connectivity index (χ2n) is 5.84. The van der Waals surface area contributed by atoms with Crippen LogP contribution in [-0.2, 0) is 16.1 Å². The maximum Gasteiger partial charge on any atom is 0.407 e. The molecule has 0 saturated carbocycles. The van der Waals surface area contributed by atoms with Gasteiger partial charge in [-0.2, -0.15) is 0 Å². The summed E-state index contributed by atoms with van der Waals surface area (Å²) in [5.74, 6) is -0.668. The van der Waals surface area contributed by atoms with Crippen molar-refractivity contribution < 1.29 is 24.2 Å². The van der Waals surface area contributed by atoms with Gasteiger partial charge in [-0.15, -0.1) is 10.2 Å². The molecule has 11 heteroatoms. The van der Waals surface area contributed by atoms with Crippen molar-refractivity contribution in [3.05, 3.63) is 29.8 Å². The van der Waals surface area contributed by atoms with Gasteiger partial charge in [0.05, 0.1) is 13.7 Å². The van der Waals surface area contributed by atoms with Crippen molar-refractivity contribution in [2.75, 3.05) is 13.7 Å². The van der Waals surface area contributed by atoms with E-state index in [1.165, 1.54) is 7.11 Å². The van der Waals surface area contributed by atoms with Crippen LogP contribution in [0.2, 0.25) is 0 Å². The van der Waals surface area contributed by atoms with Crippen molar-refractivity contribution in [2.24, 2.45) is 5.73 Å². The molecule has 2 rings (SSSR count). The molecule has 0 saturated heterocycles. The lowest BCUT2D eigenvalue weighted by Crippen LogP contribution is -2.30. The smallest absolute Gasteiger partial charge is 0.407 e. The largest absolute Gasteiger partial charge is 0.480 e. The fourth-order valence-corrected chi connectivity index (χ4v) is 2.17. The van der Waals surface area contributed by atoms with Crippen LogP contribution in [0.1, 0.15) is 24.8 Å². The number of amides is 1. The highest BCUT2D eigenvalue weighted by atomic mass is 16.5. The van der Waals surface area contributed by atoms with Crippen LogP contribution >= 0.6 is 0 Å². The van der Waals surface area contributed by atoms with E-state index in [0.29, 0.717) is 31.6 Å².